The first-order valence-corrected chi connectivity index (χ1v) is 8.26. The molecule has 25 heavy (non-hydrogen) atoms. The summed E-state index contributed by atoms with van der Waals surface area (Å²) in [6.07, 6.45) is 1.76. The van der Waals surface area contributed by atoms with Crippen molar-refractivity contribution in [1.82, 2.24) is 9.88 Å². The number of nitrogens with zero attached hydrogens (tertiary/aromatic N) is 2. The van der Waals surface area contributed by atoms with E-state index < -0.39 is 6.03 Å². The van der Waals surface area contributed by atoms with E-state index in [4.69, 9.17) is 15.2 Å². The SMILES string of the molecule is NC(=O)Nc1cccc(-c2ccc(OCCN3CCOCC3)nc2)c1. The van der Waals surface area contributed by atoms with Crippen LogP contribution in [-0.2, 0) is 4.74 Å². The van der Waals surface area contributed by atoms with Gasteiger partial charge in [0.05, 0.1) is 13.2 Å². The standard InChI is InChI=1S/C18H22N4O3/c19-18(23)21-16-3-1-2-14(12-16)15-4-5-17(20-13-15)25-11-8-22-6-9-24-10-7-22/h1-5,12-13H,6-11H2,(H3,19,21,23). The number of ether oxygens (including phenoxy) is 2. The number of hydrogen-bond acceptors (Lipinski definition) is 5. The number of pyridine rings is 1. The third-order valence-corrected chi connectivity index (χ3v) is 3.96. The molecule has 1 fully saturated rings. The van der Waals surface area contributed by atoms with Crippen LogP contribution >= 0.6 is 0 Å². The van der Waals surface area contributed by atoms with E-state index in [-0.39, 0.29) is 0 Å². The largest absolute Gasteiger partial charge is 0.476 e. The summed E-state index contributed by atoms with van der Waals surface area (Å²) >= 11 is 0. The fourth-order valence-corrected chi connectivity index (χ4v) is 2.66. The second-order valence-electron chi connectivity index (χ2n) is 5.76. The number of rotatable bonds is 6. The predicted molar refractivity (Wildman–Crippen MR) is 95.6 cm³/mol. The molecular formula is C18H22N4O3. The molecule has 1 aromatic heterocycles. The van der Waals surface area contributed by atoms with Crippen molar-refractivity contribution in [2.45, 2.75) is 0 Å². The molecule has 2 amide bonds. The summed E-state index contributed by atoms with van der Waals surface area (Å²) in [5, 5.41) is 2.57. The Labute approximate surface area is 146 Å². The van der Waals surface area contributed by atoms with Gasteiger partial charge in [-0.05, 0) is 23.8 Å². The maximum absolute atomic E-state index is 10.9. The molecule has 2 aromatic rings. The number of aromatic nitrogens is 1. The number of hydrogen-bond donors (Lipinski definition) is 2. The minimum absolute atomic E-state index is 0.584. The zero-order valence-electron chi connectivity index (χ0n) is 14.0. The first-order chi connectivity index (χ1) is 12.2. The van der Waals surface area contributed by atoms with Gasteiger partial charge in [0.25, 0.3) is 0 Å². The van der Waals surface area contributed by atoms with Crippen LogP contribution in [0.2, 0.25) is 0 Å². The van der Waals surface area contributed by atoms with Gasteiger partial charge in [-0.3, -0.25) is 4.90 Å². The zero-order chi connectivity index (χ0) is 17.5. The molecular weight excluding hydrogens is 320 g/mol. The molecule has 1 aromatic carbocycles. The fourth-order valence-electron chi connectivity index (χ4n) is 2.66. The summed E-state index contributed by atoms with van der Waals surface area (Å²) < 4.78 is 11.0. The Morgan fingerprint density at radius 2 is 2.08 bits per heavy atom. The van der Waals surface area contributed by atoms with Crippen molar-refractivity contribution in [1.29, 1.82) is 0 Å². The molecule has 0 atom stereocenters. The normalized spacial score (nSPS) is 14.9. The summed E-state index contributed by atoms with van der Waals surface area (Å²) in [4.78, 5) is 17.6. The van der Waals surface area contributed by atoms with Crippen LogP contribution in [0.1, 0.15) is 0 Å². The van der Waals surface area contributed by atoms with E-state index in [1.54, 1.807) is 12.3 Å². The minimum atomic E-state index is -0.584. The number of primary amides is 1. The number of nitrogens with two attached hydrogens (primary N) is 1. The zero-order valence-corrected chi connectivity index (χ0v) is 14.0. The van der Waals surface area contributed by atoms with Gasteiger partial charge in [-0.15, -0.1) is 0 Å². The number of urea groups is 1. The molecule has 3 rings (SSSR count). The Morgan fingerprint density at radius 1 is 1.24 bits per heavy atom. The second kappa shape index (κ2) is 8.46. The van der Waals surface area contributed by atoms with E-state index >= 15 is 0 Å². The molecule has 0 aliphatic carbocycles. The molecule has 0 unspecified atom stereocenters. The molecule has 2 heterocycles. The number of benzene rings is 1. The van der Waals surface area contributed by atoms with E-state index in [2.05, 4.69) is 15.2 Å². The highest BCUT2D eigenvalue weighted by atomic mass is 16.5. The van der Waals surface area contributed by atoms with Crippen molar-refractivity contribution in [3.8, 4) is 17.0 Å². The summed E-state index contributed by atoms with van der Waals surface area (Å²) in [6, 6.07) is 10.6. The molecule has 0 bridgehead atoms. The van der Waals surface area contributed by atoms with Crippen LogP contribution in [-0.4, -0.2) is 55.4 Å². The summed E-state index contributed by atoms with van der Waals surface area (Å²) in [5.41, 5.74) is 7.67. The lowest BCUT2D eigenvalue weighted by atomic mass is 10.1. The van der Waals surface area contributed by atoms with Gasteiger partial charge in [0.2, 0.25) is 5.88 Å². The number of carbonyl (C=O) groups is 1. The van der Waals surface area contributed by atoms with Crippen LogP contribution in [0.3, 0.4) is 0 Å². The summed E-state index contributed by atoms with van der Waals surface area (Å²) in [5.74, 6) is 0.600. The monoisotopic (exact) mass is 342 g/mol. The Bertz CT molecular complexity index is 700. The molecule has 0 spiro atoms. The van der Waals surface area contributed by atoms with Crippen molar-refractivity contribution < 1.29 is 14.3 Å². The maximum Gasteiger partial charge on any atom is 0.316 e. The lowest BCUT2D eigenvalue weighted by Crippen LogP contribution is -2.38. The molecule has 0 saturated carbocycles. The van der Waals surface area contributed by atoms with Crippen LogP contribution in [0.5, 0.6) is 5.88 Å². The summed E-state index contributed by atoms with van der Waals surface area (Å²) in [7, 11) is 0. The van der Waals surface area contributed by atoms with Gasteiger partial charge in [-0.1, -0.05) is 12.1 Å². The van der Waals surface area contributed by atoms with Gasteiger partial charge < -0.3 is 20.5 Å². The van der Waals surface area contributed by atoms with E-state index in [9.17, 15) is 4.79 Å². The molecule has 0 radical (unpaired) electrons. The highest BCUT2D eigenvalue weighted by Gasteiger charge is 2.10. The number of morpholine rings is 1. The van der Waals surface area contributed by atoms with Crippen LogP contribution in [0.15, 0.2) is 42.6 Å². The van der Waals surface area contributed by atoms with E-state index in [1.165, 1.54) is 0 Å². The highest BCUT2D eigenvalue weighted by Crippen LogP contribution is 2.23. The molecule has 132 valence electrons. The summed E-state index contributed by atoms with van der Waals surface area (Å²) in [6.45, 7) is 4.95. The van der Waals surface area contributed by atoms with Crippen molar-refractivity contribution in [3.05, 3.63) is 42.6 Å². The van der Waals surface area contributed by atoms with Gasteiger partial charge in [0, 0.05) is 43.1 Å². The smallest absolute Gasteiger partial charge is 0.316 e. The van der Waals surface area contributed by atoms with Crippen LogP contribution in [0.4, 0.5) is 10.5 Å². The van der Waals surface area contributed by atoms with E-state index in [0.717, 1.165) is 44.0 Å². The third-order valence-electron chi connectivity index (χ3n) is 3.96. The lowest BCUT2D eigenvalue weighted by Gasteiger charge is -2.26. The first kappa shape index (κ1) is 17.2. The molecule has 1 aliphatic rings. The van der Waals surface area contributed by atoms with Crippen LogP contribution < -0.4 is 15.8 Å². The number of nitrogens with one attached hydrogen (secondary N) is 1. The predicted octanol–water partition coefficient (Wildman–Crippen LogP) is 1.95. The Kier molecular flexibility index (Phi) is 5.81. The van der Waals surface area contributed by atoms with Crippen molar-refractivity contribution in [2.24, 2.45) is 5.73 Å². The molecule has 1 saturated heterocycles. The van der Waals surface area contributed by atoms with E-state index in [1.807, 2.05) is 30.3 Å². The Balaban J connectivity index is 1.55. The van der Waals surface area contributed by atoms with Gasteiger partial charge >= 0.3 is 6.03 Å². The van der Waals surface area contributed by atoms with Gasteiger partial charge in [0.15, 0.2) is 0 Å². The topological polar surface area (TPSA) is 89.7 Å². The number of anilines is 1. The quantitative estimate of drug-likeness (QED) is 0.837. The van der Waals surface area contributed by atoms with Crippen LogP contribution in [0.25, 0.3) is 11.1 Å². The van der Waals surface area contributed by atoms with Crippen molar-refractivity contribution in [2.75, 3.05) is 44.8 Å². The Morgan fingerprint density at radius 3 is 2.80 bits per heavy atom. The van der Waals surface area contributed by atoms with Gasteiger partial charge in [0.1, 0.15) is 6.61 Å². The molecule has 7 nitrogen and oxygen atoms in total. The second-order valence-corrected chi connectivity index (χ2v) is 5.76. The third kappa shape index (κ3) is 5.17. The van der Waals surface area contributed by atoms with Crippen molar-refractivity contribution in [3.63, 3.8) is 0 Å². The highest BCUT2D eigenvalue weighted by molar-refractivity contribution is 5.88. The average molecular weight is 342 g/mol. The molecule has 3 N–H and O–H groups in total. The molecule has 7 heteroatoms. The minimum Gasteiger partial charge on any atom is -0.476 e. The van der Waals surface area contributed by atoms with Gasteiger partial charge in [-0.2, -0.15) is 0 Å². The maximum atomic E-state index is 10.9. The average Bonchev–Trinajstić information content (AvgIpc) is 2.63. The lowest BCUT2D eigenvalue weighted by molar-refractivity contribution is 0.0320. The first-order valence-electron chi connectivity index (χ1n) is 8.26. The molecule has 1 aliphatic heterocycles. The van der Waals surface area contributed by atoms with Gasteiger partial charge in [-0.25, -0.2) is 9.78 Å². The Hall–Kier alpha value is -2.64. The van der Waals surface area contributed by atoms with Crippen molar-refractivity contribution >= 4 is 11.7 Å². The van der Waals surface area contributed by atoms with E-state index in [0.29, 0.717) is 18.2 Å². The van der Waals surface area contributed by atoms with Crippen LogP contribution in [0, 0.1) is 0 Å². The fraction of sp³-hybridized carbons (Fsp3) is 0.333. The number of amides is 2. The number of carbonyl (C=O) groups excluding carboxylic acids is 1.